The first-order valence-electron chi connectivity index (χ1n) is 7.00. The number of nitrogens with zero attached hydrogens (tertiary/aromatic N) is 1. The zero-order valence-corrected chi connectivity index (χ0v) is 11.4. The molecule has 1 heterocycles. The first-order valence-corrected chi connectivity index (χ1v) is 7.00. The van der Waals surface area contributed by atoms with Crippen LogP contribution in [-0.4, -0.2) is 34.3 Å². The van der Waals surface area contributed by atoms with Crippen LogP contribution in [0.25, 0.3) is 0 Å². The number of carboxylic acid groups (broad SMARTS) is 1. The molecule has 0 radical (unpaired) electrons. The summed E-state index contributed by atoms with van der Waals surface area (Å²) in [6, 6.07) is 0. The number of imide groups is 1. The van der Waals surface area contributed by atoms with Crippen molar-refractivity contribution in [2.45, 2.75) is 51.9 Å². The lowest BCUT2D eigenvalue weighted by Crippen LogP contribution is -2.50. The third-order valence-electron chi connectivity index (χ3n) is 4.45. The average molecular weight is 267 g/mol. The van der Waals surface area contributed by atoms with Crippen molar-refractivity contribution in [3.8, 4) is 0 Å². The number of hydrogen-bond donors (Lipinski definition) is 1. The van der Waals surface area contributed by atoms with E-state index in [2.05, 4.69) is 0 Å². The highest BCUT2D eigenvalue weighted by Gasteiger charge is 2.44. The molecule has 5 heteroatoms. The molecule has 1 aliphatic carbocycles. The van der Waals surface area contributed by atoms with E-state index in [-0.39, 0.29) is 23.8 Å². The van der Waals surface area contributed by atoms with Gasteiger partial charge in [-0.25, -0.2) is 0 Å². The lowest BCUT2D eigenvalue weighted by Gasteiger charge is -2.42. The van der Waals surface area contributed by atoms with Crippen molar-refractivity contribution in [1.82, 2.24) is 4.90 Å². The van der Waals surface area contributed by atoms with Gasteiger partial charge in [-0.3, -0.25) is 19.3 Å². The molecule has 2 fully saturated rings. The molecule has 0 aromatic rings. The Labute approximate surface area is 113 Å². The van der Waals surface area contributed by atoms with Crippen molar-refractivity contribution in [2.24, 2.45) is 11.3 Å². The molecule has 1 saturated carbocycles. The van der Waals surface area contributed by atoms with E-state index in [1.165, 1.54) is 13.3 Å². The molecule has 2 aliphatic rings. The highest BCUT2D eigenvalue weighted by Crippen LogP contribution is 2.45. The summed E-state index contributed by atoms with van der Waals surface area (Å²) in [7, 11) is 0. The van der Waals surface area contributed by atoms with Crippen LogP contribution < -0.4 is 0 Å². The van der Waals surface area contributed by atoms with E-state index in [0.717, 1.165) is 30.6 Å². The number of piperidine rings is 1. The maximum atomic E-state index is 12.1. The zero-order valence-electron chi connectivity index (χ0n) is 11.4. The standard InChI is InChI=1S/C14H21NO4/c1-10(13(18)19)9-15-11(16)7-14(8-12(15)17)5-3-2-4-6-14/h10H,2-9H2,1H3,(H,18,19). The van der Waals surface area contributed by atoms with E-state index < -0.39 is 11.9 Å². The van der Waals surface area contributed by atoms with Crippen molar-refractivity contribution < 1.29 is 19.5 Å². The molecule has 5 nitrogen and oxygen atoms in total. The van der Waals surface area contributed by atoms with Crippen LogP contribution in [-0.2, 0) is 14.4 Å². The second kappa shape index (κ2) is 5.31. The summed E-state index contributed by atoms with van der Waals surface area (Å²) in [6.45, 7) is 1.52. The maximum Gasteiger partial charge on any atom is 0.308 e. The lowest BCUT2D eigenvalue weighted by atomic mass is 9.67. The van der Waals surface area contributed by atoms with E-state index in [9.17, 15) is 14.4 Å². The van der Waals surface area contributed by atoms with Gasteiger partial charge in [-0.1, -0.05) is 26.2 Å². The quantitative estimate of drug-likeness (QED) is 0.791. The first kappa shape index (κ1) is 14.0. The van der Waals surface area contributed by atoms with Crippen LogP contribution in [0.2, 0.25) is 0 Å². The second-order valence-corrected chi connectivity index (χ2v) is 6.05. The molecule has 0 bridgehead atoms. The Bertz CT molecular complexity index is 378. The maximum absolute atomic E-state index is 12.1. The number of carbonyl (C=O) groups is 3. The summed E-state index contributed by atoms with van der Waals surface area (Å²) in [5, 5.41) is 8.88. The molecule has 0 aromatic heterocycles. The van der Waals surface area contributed by atoms with E-state index >= 15 is 0 Å². The number of aliphatic carboxylic acids is 1. The molecule has 1 spiro atoms. The number of rotatable bonds is 3. The Hall–Kier alpha value is -1.39. The van der Waals surface area contributed by atoms with Gasteiger partial charge in [0.1, 0.15) is 0 Å². The van der Waals surface area contributed by atoms with Gasteiger partial charge in [-0.05, 0) is 18.3 Å². The SMILES string of the molecule is CC(CN1C(=O)CC2(CCCCC2)CC1=O)C(=O)O. The molecule has 1 saturated heterocycles. The lowest BCUT2D eigenvalue weighted by molar-refractivity contribution is -0.156. The minimum absolute atomic E-state index is 0.00306. The second-order valence-electron chi connectivity index (χ2n) is 6.05. The Morgan fingerprint density at radius 3 is 2.21 bits per heavy atom. The summed E-state index contributed by atoms with van der Waals surface area (Å²) in [6.07, 6.45) is 6.08. The highest BCUT2D eigenvalue weighted by atomic mass is 16.4. The van der Waals surface area contributed by atoms with Gasteiger partial charge < -0.3 is 5.11 Å². The minimum atomic E-state index is -0.974. The summed E-state index contributed by atoms with van der Waals surface area (Å²) in [5.74, 6) is -2.05. The van der Waals surface area contributed by atoms with Gasteiger partial charge in [0.15, 0.2) is 0 Å². The predicted molar refractivity (Wildman–Crippen MR) is 68.3 cm³/mol. The van der Waals surface area contributed by atoms with Crippen LogP contribution in [0.4, 0.5) is 0 Å². The van der Waals surface area contributed by atoms with Gasteiger partial charge in [0.2, 0.25) is 11.8 Å². The first-order chi connectivity index (χ1) is 8.93. The van der Waals surface area contributed by atoms with Gasteiger partial charge in [0, 0.05) is 19.4 Å². The van der Waals surface area contributed by atoms with Gasteiger partial charge in [-0.2, -0.15) is 0 Å². The zero-order chi connectivity index (χ0) is 14.0. The van der Waals surface area contributed by atoms with E-state index in [4.69, 9.17) is 5.11 Å². The average Bonchev–Trinajstić information content (AvgIpc) is 2.34. The van der Waals surface area contributed by atoms with Gasteiger partial charge in [0.25, 0.3) is 0 Å². The number of hydrogen-bond acceptors (Lipinski definition) is 3. The van der Waals surface area contributed by atoms with Gasteiger partial charge in [0.05, 0.1) is 5.92 Å². The van der Waals surface area contributed by atoms with Gasteiger partial charge >= 0.3 is 5.97 Å². The number of carbonyl (C=O) groups excluding carboxylic acids is 2. The summed E-state index contributed by atoms with van der Waals surface area (Å²) in [5.41, 5.74) is -0.130. The number of likely N-dealkylation sites (tertiary alicyclic amines) is 1. The van der Waals surface area contributed by atoms with Crippen molar-refractivity contribution in [3.05, 3.63) is 0 Å². The topological polar surface area (TPSA) is 74.7 Å². The summed E-state index contributed by atoms with van der Waals surface area (Å²) in [4.78, 5) is 36.3. The molecule has 1 atom stereocenters. The molecule has 1 N–H and O–H groups in total. The van der Waals surface area contributed by atoms with E-state index in [1.54, 1.807) is 0 Å². The third-order valence-corrected chi connectivity index (χ3v) is 4.45. The third kappa shape index (κ3) is 2.96. The summed E-state index contributed by atoms with van der Waals surface area (Å²) >= 11 is 0. The Balaban J connectivity index is 2.04. The number of amides is 2. The normalized spacial score (nSPS) is 24.6. The highest BCUT2D eigenvalue weighted by molar-refractivity contribution is 5.98. The molecular weight excluding hydrogens is 246 g/mol. The Morgan fingerprint density at radius 2 is 1.74 bits per heavy atom. The van der Waals surface area contributed by atoms with Crippen LogP contribution in [0, 0.1) is 11.3 Å². The molecule has 2 rings (SSSR count). The monoisotopic (exact) mass is 267 g/mol. The molecule has 1 unspecified atom stereocenters. The fraction of sp³-hybridized carbons (Fsp3) is 0.786. The Morgan fingerprint density at radius 1 is 1.21 bits per heavy atom. The molecule has 0 aromatic carbocycles. The van der Waals surface area contributed by atoms with Crippen molar-refractivity contribution in [3.63, 3.8) is 0 Å². The van der Waals surface area contributed by atoms with Crippen LogP contribution in [0.15, 0.2) is 0 Å². The van der Waals surface area contributed by atoms with Crippen LogP contribution >= 0.6 is 0 Å². The van der Waals surface area contributed by atoms with Crippen LogP contribution in [0.1, 0.15) is 51.9 Å². The molecular formula is C14H21NO4. The summed E-state index contributed by atoms with van der Waals surface area (Å²) < 4.78 is 0. The minimum Gasteiger partial charge on any atom is -0.481 e. The van der Waals surface area contributed by atoms with Crippen molar-refractivity contribution in [2.75, 3.05) is 6.54 Å². The van der Waals surface area contributed by atoms with Crippen molar-refractivity contribution >= 4 is 17.8 Å². The van der Waals surface area contributed by atoms with E-state index in [1.807, 2.05) is 0 Å². The van der Waals surface area contributed by atoms with Crippen molar-refractivity contribution in [1.29, 1.82) is 0 Å². The molecule has 1 aliphatic heterocycles. The smallest absolute Gasteiger partial charge is 0.308 e. The van der Waals surface area contributed by atoms with Gasteiger partial charge in [-0.15, -0.1) is 0 Å². The molecule has 106 valence electrons. The fourth-order valence-electron chi connectivity index (χ4n) is 3.24. The largest absolute Gasteiger partial charge is 0.481 e. The molecule has 19 heavy (non-hydrogen) atoms. The predicted octanol–water partition coefficient (Wildman–Crippen LogP) is 1.81. The molecule has 2 amide bonds. The fourth-order valence-corrected chi connectivity index (χ4v) is 3.24. The Kier molecular flexibility index (Phi) is 3.92. The number of carboxylic acids is 1. The van der Waals surface area contributed by atoms with Crippen LogP contribution in [0.5, 0.6) is 0 Å². The van der Waals surface area contributed by atoms with E-state index in [0.29, 0.717) is 12.8 Å². The van der Waals surface area contributed by atoms with Crippen LogP contribution in [0.3, 0.4) is 0 Å².